The second kappa shape index (κ2) is 55.8. The molecule has 3 N–H and O–H groups in total. The Morgan fingerprint density at radius 1 is 0.420 bits per heavy atom. The highest BCUT2D eigenvalue weighted by molar-refractivity contribution is 7.47. The van der Waals surface area contributed by atoms with Crippen LogP contribution in [-0.2, 0) is 32.7 Å². The van der Waals surface area contributed by atoms with E-state index < -0.39 is 26.5 Å². The van der Waals surface area contributed by atoms with E-state index in [9.17, 15) is 19.0 Å². The summed E-state index contributed by atoms with van der Waals surface area (Å²) in [5, 5.41) is 0. The summed E-state index contributed by atoms with van der Waals surface area (Å²) >= 11 is 0. The smallest absolute Gasteiger partial charge is 0.462 e. The van der Waals surface area contributed by atoms with Crippen LogP contribution in [0, 0.1) is 0 Å². The summed E-state index contributed by atoms with van der Waals surface area (Å²) in [4.78, 5) is 35.2. The zero-order chi connectivity index (χ0) is 50.2. The molecule has 2 unspecified atom stereocenters. The van der Waals surface area contributed by atoms with Crippen LogP contribution in [-0.4, -0.2) is 49.3 Å². The van der Waals surface area contributed by atoms with Gasteiger partial charge in [0.1, 0.15) is 6.61 Å². The predicted molar refractivity (Wildman–Crippen MR) is 294 cm³/mol. The van der Waals surface area contributed by atoms with Crippen LogP contribution in [0.2, 0.25) is 0 Å². The Kier molecular flexibility index (Phi) is 54.6. The topological polar surface area (TPSA) is 134 Å². The van der Waals surface area contributed by atoms with Crippen LogP contribution in [0.4, 0.5) is 0 Å². The minimum atomic E-state index is -4.38. The lowest BCUT2D eigenvalue weighted by molar-refractivity contribution is -0.161. The monoisotopic (exact) mass is 996 g/mol. The van der Waals surface area contributed by atoms with Crippen molar-refractivity contribution in [2.45, 2.75) is 315 Å². The SMILES string of the molecule is CCCCCCCCCC/C=C\CCCCCCCCCCCCCCCCCC(=O)OC(COC(=O)CCCCCCCCCCC/C=C\CCCCCCCCCC)COP(=O)(O)OCCN. The molecule has 9 nitrogen and oxygen atoms in total. The minimum absolute atomic E-state index is 0.0554. The molecule has 0 aliphatic rings. The lowest BCUT2D eigenvalue weighted by Gasteiger charge is -2.19. The third-order valence-electron chi connectivity index (χ3n) is 13.3. The maximum absolute atomic E-state index is 12.7. The van der Waals surface area contributed by atoms with Crippen molar-refractivity contribution >= 4 is 19.8 Å². The van der Waals surface area contributed by atoms with Gasteiger partial charge in [0, 0.05) is 19.4 Å². The number of unbranched alkanes of at least 4 members (excludes halogenated alkanes) is 40. The number of phosphoric acid groups is 1. The third kappa shape index (κ3) is 55.7. The minimum Gasteiger partial charge on any atom is -0.462 e. The molecular weight excluding hydrogens is 882 g/mol. The molecule has 0 amide bonds. The van der Waals surface area contributed by atoms with Crippen molar-refractivity contribution < 1.29 is 37.6 Å². The van der Waals surface area contributed by atoms with E-state index in [-0.39, 0.29) is 38.6 Å². The average Bonchev–Trinajstić information content (AvgIpc) is 3.34. The van der Waals surface area contributed by atoms with Gasteiger partial charge in [0.25, 0.3) is 0 Å². The van der Waals surface area contributed by atoms with Gasteiger partial charge in [-0.15, -0.1) is 0 Å². The first kappa shape index (κ1) is 67.5. The Hall–Kier alpha value is -1.51. The van der Waals surface area contributed by atoms with Crippen LogP contribution in [0.25, 0.3) is 0 Å². The van der Waals surface area contributed by atoms with Crippen LogP contribution < -0.4 is 5.73 Å². The summed E-state index contributed by atoms with van der Waals surface area (Å²) in [5.74, 6) is -0.813. The van der Waals surface area contributed by atoms with Gasteiger partial charge in [0.05, 0.1) is 13.2 Å². The summed E-state index contributed by atoms with van der Waals surface area (Å²) in [7, 11) is -4.38. The lowest BCUT2D eigenvalue weighted by atomic mass is 10.0. The van der Waals surface area contributed by atoms with Crippen molar-refractivity contribution in [1.29, 1.82) is 0 Å². The van der Waals surface area contributed by atoms with Crippen molar-refractivity contribution in [3.05, 3.63) is 24.3 Å². The number of nitrogens with two attached hydrogens (primary N) is 1. The molecule has 0 rings (SSSR count). The number of esters is 2. The molecule has 0 spiro atoms. The number of hydrogen-bond donors (Lipinski definition) is 2. The summed E-state index contributed by atoms with van der Waals surface area (Å²) in [5.41, 5.74) is 5.38. The molecule has 2 atom stereocenters. The zero-order valence-corrected chi connectivity index (χ0v) is 46.5. The van der Waals surface area contributed by atoms with E-state index in [4.69, 9.17) is 24.3 Å². The van der Waals surface area contributed by atoms with E-state index in [0.717, 1.165) is 32.1 Å². The van der Waals surface area contributed by atoms with Crippen LogP contribution in [0.15, 0.2) is 24.3 Å². The molecule has 0 aliphatic carbocycles. The first-order chi connectivity index (χ1) is 33.8. The number of allylic oxidation sites excluding steroid dienone is 4. The Morgan fingerprint density at radius 3 is 1.03 bits per heavy atom. The molecule has 0 saturated heterocycles. The summed E-state index contributed by atoms with van der Waals surface area (Å²) in [6.45, 7) is 3.80. The Morgan fingerprint density at radius 2 is 0.710 bits per heavy atom. The van der Waals surface area contributed by atoms with E-state index >= 15 is 0 Å². The van der Waals surface area contributed by atoms with E-state index in [1.54, 1.807) is 0 Å². The van der Waals surface area contributed by atoms with Gasteiger partial charge in [-0.05, 0) is 64.2 Å². The van der Waals surface area contributed by atoms with E-state index in [2.05, 4.69) is 38.2 Å². The summed E-state index contributed by atoms with van der Waals surface area (Å²) < 4.78 is 33.1. The van der Waals surface area contributed by atoms with Crippen molar-refractivity contribution in [2.24, 2.45) is 5.73 Å². The highest BCUT2D eigenvalue weighted by Gasteiger charge is 2.26. The van der Waals surface area contributed by atoms with Crippen LogP contribution in [0.1, 0.15) is 309 Å². The first-order valence-electron chi connectivity index (χ1n) is 29.8. The fourth-order valence-electron chi connectivity index (χ4n) is 8.86. The van der Waals surface area contributed by atoms with Gasteiger partial charge in [-0.3, -0.25) is 18.6 Å². The predicted octanol–water partition coefficient (Wildman–Crippen LogP) is 18.6. The molecule has 0 saturated carbocycles. The normalized spacial score (nSPS) is 13.2. The Labute approximate surface area is 427 Å². The fraction of sp³-hybridized carbons (Fsp3) is 0.898. The molecule has 0 bridgehead atoms. The largest absolute Gasteiger partial charge is 0.472 e. The highest BCUT2D eigenvalue weighted by Crippen LogP contribution is 2.43. The summed E-state index contributed by atoms with van der Waals surface area (Å²) in [6.07, 6.45) is 65.2. The van der Waals surface area contributed by atoms with Gasteiger partial charge < -0.3 is 20.1 Å². The number of hydrogen-bond acceptors (Lipinski definition) is 8. The lowest BCUT2D eigenvalue weighted by Crippen LogP contribution is -2.29. The number of carbonyl (C=O) groups excluding carboxylic acids is 2. The van der Waals surface area contributed by atoms with Gasteiger partial charge in [0.15, 0.2) is 6.10 Å². The molecular formula is C59H114NO8P. The van der Waals surface area contributed by atoms with Crippen molar-refractivity contribution in [2.75, 3.05) is 26.4 Å². The van der Waals surface area contributed by atoms with Gasteiger partial charge >= 0.3 is 19.8 Å². The Bertz CT molecular complexity index is 1180. The second-order valence-corrected chi connectivity index (χ2v) is 21.7. The third-order valence-corrected chi connectivity index (χ3v) is 14.3. The van der Waals surface area contributed by atoms with E-state index in [1.807, 2.05) is 0 Å². The Balaban J connectivity index is 3.92. The standard InChI is InChI=1S/C59H114NO8P/c1-3-5-7-9-11-13-15-17-19-21-23-25-26-27-28-29-30-32-34-36-38-40-42-44-46-48-50-52-59(62)68-57(56-67-69(63,64)66-54-53-60)55-65-58(61)51-49-47-45-43-41-39-37-35-33-31-24-22-20-18-16-14-12-10-8-6-4-2/h21-24,57H,3-20,25-56,60H2,1-2H3,(H,63,64)/b23-21-,24-22-. The van der Waals surface area contributed by atoms with Crippen LogP contribution >= 0.6 is 7.82 Å². The van der Waals surface area contributed by atoms with Gasteiger partial charge in [-0.1, -0.05) is 256 Å². The molecule has 0 aliphatic heterocycles. The maximum Gasteiger partial charge on any atom is 0.472 e. The van der Waals surface area contributed by atoms with Crippen LogP contribution in [0.5, 0.6) is 0 Å². The first-order valence-corrected chi connectivity index (χ1v) is 31.3. The number of carbonyl (C=O) groups is 2. The maximum atomic E-state index is 12.7. The number of rotatable bonds is 57. The van der Waals surface area contributed by atoms with E-state index in [1.165, 1.54) is 244 Å². The molecule has 69 heavy (non-hydrogen) atoms. The molecule has 0 aromatic heterocycles. The molecule has 0 fully saturated rings. The molecule has 0 aromatic rings. The number of ether oxygens (including phenoxy) is 2. The molecule has 0 radical (unpaired) electrons. The second-order valence-electron chi connectivity index (χ2n) is 20.2. The van der Waals surface area contributed by atoms with Gasteiger partial charge in [-0.25, -0.2) is 4.57 Å². The highest BCUT2D eigenvalue weighted by atomic mass is 31.2. The molecule has 408 valence electrons. The van der Waals surface area contributed by atoms with Crippen LogP contribution in [0.3, 0.4) is 0 Å². The molecule has 0 heterocycles. The van der Waals surface area contributed by atoms with Crippen molar-refractivity contribution in [3.63, 3.8) is 0 Å². The van der Waals surface area contributed by atoms with Crippen molar-refractivity contribution in [3.8, 4) is 0 Å². The quantitative estimate of drug-likeness (QED) is 0.0264. The van der Waals surface area contributed by atoms with Gasteiger partial charge in [-0.2, -0.15) is 0 Å². The van der Waals surface area contributed by atoms with Crippen molar-refractivity contribution in [1.82, 2.24) is 0 Å². The molecule has 10 heteroatoms. The molecule has 0 aromatic carbocycles. The fourth-order valence-corrected chi connectivity index (χ4v) is 9.63. The summed E-state index contributed by atoms with van der Waals surface area (Å²) in [6, 6.07) is 0. The zero-order valence-electron chi connectivity index (χ0n) is 45.6. The average molecular weight is 997 g/mol. The number of phosphoric ester groups is 1. The van der Waals surface area contributed by atoms with Gasteiger partial charge in [0.2, 0.25) is 0 Å². The van der Waals surface area contributed by atoms with E-state index in [0.29, 0.717) is 6.42 Å².